The van der Waals surface area contributed by atoms with Crippen molar-refractivity contribution in [1.82, 2.24) is 5.32 Å². The van der Waals surface area contributed by atoms with Crippen LogP contribution in [0.5, 0.6) is 0 Å². The van der Waals surface area contributed by atoms with E-state index in [1.165, 1.54) is 7.11 Å². The van der Waals surface area contributed by atoms with E-state index in [-0.39, 0.29) is 6.42 Å². The Hall–Kier alpha value is -3.17. The molecule has 0 saturated heterocycles. The number of amides is 1. The van der Waals surface area contributed by atoms with Crippen LogP contribution in [0.3, 0.4) is 0 Å². The molecule has 0 heterocycles. The number of esters is 1. The zero-order valence-corrected chi connectivity index (χ0v) is 13.7. The van der Waals surface area contributed by atoms with Crippen molar-refractivity contribution in [2.24, 2.45) is 0 Å². The summed E-state index contributed by atoms with van der Waals surface area (Å²) >= 11 is 0. The molecule has 2 atom stereocenters. The zero-order valence-electron chi connectivity index (χ0n) is 13.7. The van der Waals surface area contributed by atoms with Crippen LogP contribution in [-0.4, -0.2) is 30.1 Å². The van der Waals surface area contributed by atoms with Crippen LogP contribution in [0.4, 0.5) is 0 Å². The minimum Gasteiger partial charge on any atom is -0.467 e. The smallest absolute Gasteiger partial charge is 0.328 e. The van der Waals surface area contributed by atoms with Gasteiger partial charge < -0.3 is 15.2 Å². The first-order chi connectivity index (χ1) is 12.1. The molecule has 6 nitrogen and oxygen atoms in total. The maximum atomic E-state index is 12.3. The fourth-order valence-corrected chi connectivity index (χ4v) is 2.40. The topological polar surface area (TPSA) is 99.4 Å². The number of carbonyl (C=O) groups is 2. The predicted octanol–water partition coefficient (Wildman–Crippen LogP) is 1.49. The number of nitrogens with zero attached hydrogens (tertiary/aromatic N) is 1. The van der Waals surface area contributed by atoms with E-state index in [0.717, 1.165) is 0 Å². The normalized spacial score (nSPS) is 12.5. The minimum atomic E-state index is -1.40. The van der Waals surface area contributed by atoms with Gasteiger partial charge >= 0.3 is 5.97 Å². The average molecular weight is 338 g/mol. The quantitative estimate of drug-likeness (QED) is 0.778. The lowest BCUT2D eigenvalue weighted by atomic mass is 10.0. The molecule has 25 heavy (non-hydrogen) atoms. The summed E-state index contributed by atoms with van der Waals surface area (Å²) in [6.07, 6.45) is -1.32. The highest BCUT2D eigenvalue weighted by molar-refractivity contribution is 5.87. The van der Waals surface area contributed by atoms with Gasteiger partial charge in [-0.25, -0.2) is 4.79 Å². The third-order valence-electron chi connectivity index (χ3n) is 3.73. The molecule has 0 aliphatic heterocycles. The van der Waals surface area contributed by atoms with E-state index in [9.17, 15) is 14.7 Å². The van der Waals surface area contributed by atoms with Gasteiger partial charge in [0, 0.05) is 6.42 Å². The molecule has 0 saturated carbocycles. The number of methoxy groups -OCH3 is 1. The van der Waals surface area contributed by atoms with Crippen molar-refractivity contribution in [3.05, 3.63) is 71.3 Å². The zero-order chi connectivity index (χ0) is 18.2. The highest BCUT2D eigenvalue weighted by Crippen LogP contribution is 2.14. The van der Waals surface area contributed by atoms with Crippen molar-refractivity contribution in [2.75, 3.05) is 7.11 Å². The number of nitrogens with one attached hydrogen (secondary N) is 1. The van der Waals surface area contributed by atoms with E-state index in [4.69, 9.17) is 10.00 Å². The van der Waals surface area contributed by atoms with Crippen molar-refractivity contribution in [1.29, 1.82) is 5.26 Å². The van der Waals surface area contributed by atoms with E-state index >= 15 is 0 Å². The molecule has 0 radical (unpaired) electrons. The first-order valence-corrected chi connectivity index (χ1v) is 7.66. The fraction of sp³-hybridized carbons (Fsp3) is 0.211. The van der Waals surface area contributed by atoms with Crippen LogP contribution in [-0.2, 0) is 20.7 Å². The van der Waals surface area contributed by atoms with Gasteiger partial charge in [0.25, 0.3) is 5.91 Å². The van der Waals surface area contributed by atoms with Crippen molar-refractivity contribution in [3.63, 3.8) is 0 Å². The van der Waals surface area contributed by atoms with Crippen LogP contribution in [0.1, 0.15) is 22.8 Å². The summed E-state index contributed by atoms with van der Waals surface area (Å²) in [5, 5.41) is 21.8. The van der Waals surface area contributed by atoms with Crippen LogP contribution in [0.2, 0.25) is 0 Å². The maximum absolute atomic E-state index is 12.3. The Morgan fingerprint density at radius 2 is 1.80 bits per heavy atom. The van der Waals surface area contributed by atoms with E-state index < -0.39 is 24.0 Å². The molecule has 128 valence electrons. The molecule has 2 N–H and O–H groups in total. The Balaban J connectivity index is 2.17. The monoisotopic (exact) mass is 338 g/mol. The molecule has 2 aromatic rings. The Morgan fingerprint density at radius 3 is 2.44 bits per heavy atom. The Morgan fingerprint density at radius 1 is 1.16 bits per heavy atom. The predicted molar refractivity (Wildman–Crippen MR) is 90.2 cm³/mol. The van der Waals surface area contributed by atoms with Crippen LogP contribution in [0.25, 0.3) is 0 Å². The molecular formula is C19H18N2O4. The summed E-state index contributed by atoms with van der Waals surface area (Å²) in [5.74, 6) is -1.36. The number of hydrogen-bond donors (Lipinski definition) is 2. The largest absolute Gasteiger partial charge is 0.467 e. The van der Waals surface area contributed by atoms with Crippen molar-refractivity contribution in [2.45, 2.75) is 18.6 Å². The number of rotatable bonds is 6. The molecule has 0 unspecified atom stereocenters. The van der Waals surface area contributed by atoms with Gasteiger partial charge in [0.2, 0.25) is 0 Å². The van der Waals surface area contributed by atoms with E-state index in [0.29, 0.717) is 16.7 Å². The van der Waals surface area contributed by atoms with Crippen LogP contribution < -0.4 is 5.32 Å². The van der Waals surface area contributed by atoms with Crippen LogP contribution >= 0.6 is 0 Å². The molecule has 1 amide bonds. The summed E-state index contributed by atoms with van der Waals surface area (Å²) in [4.78, 5) is 24.3. The average Bonchev–Trinajstić information content (AvgIpc) is 2.67. The van der Waals surface area contributed by atoms with Gasteiger partial charge in [0.15, 0.2) is 6.10 Å². The molecule has 0 aliphatic rings. The van der Waals surface area contributed by atoms with Crippen molar-refractivity contribution < 1.29 is 19.4 Å². The van der Waals surface area contributed by atoms with Crippen LogP contribution in [0, 0.1) is 11.3 Å². The standard InChI is InChI=1S/C19H18N2O4/c1-25-19(24)16(11-14-9-5-6-10-15(14)12-20)21-18(23)17(22)13-7-3-2-4-8-13/h2-10,16-17,22H,11H2,1H3,(H,21,23)/t16-,17-/m0/s1. The second-order valence-electron chi connectivity index (χ2n) is 5.37. The summed E-state index contributed by atoms with van der Waals surface area (Å²) < 4.78 is 4.73. The molecule has 0 fully saturated rings. The minimum absolute atomic E-state index is 0.0870. The van der Waals surface area contributed by atoms with Gasteiger partial charge in [-0.2, -0.15) is 5.26 Å². The summed E-state index contributed by atoms with van der Waals surface area (Å²) in [6.45, 7) is 0. The van der Waals surface area contributed by atoms with E-state index in [1.54, 1.807) is 54.6 Å². The lowest BCUT2D eigenvalue weighted by molar-refractivity contribution is -0.146. The summed E-state index contributed by atoms with van der Waals surface area (Å²) in [5.41, 5.74) is 1.44. The number of benzene rings is 2. The van der Waals surface area contributed by atoms with Gasteiger partial charge in [-0.05, 0) is 17.2 Å². The van der Waals surface area contributed by atoms with Gasteiger partial charge in [-0.15, -0.1) is 0 Å². The number of ether oxygens (including phenoxy) is 1. The highest BCUT2D eigenvalue weighted by atomic mass is 16.5. The molecular weight excluding hydrogens is 320 g/mol. The Labute approximate surface area is 145 Å². The molecule has 6 heteroatoms. The van der Waals surface area contributed by atoms with E-state index in [2.05, 4.69) is 5.32 Å². The SMILES string of the molecule is COC(=O)[C@H](Cc1ccccc1C#N)NC(=O)[C@@H](O)c1ccccc1. The van der Waals surface area contributed by atoms with Gasteiger partial charge in [-0.3, -0.25) is 4.79 Å². The number of aliphatic hydroxyl groups excluding tert-OH is 1. The van der Waals surface area contributed by atoms with Gasteiger partial charge in [-0.1, -0.05) is 48.5 Å². The number of hydrogen-bond acceptors (Lipinski definition) is 5. The Kier molecular flexibility index (Phi) is 6.26. The second kappa shape index (κ2) is 8.62. The van der Waals surface area contributed by atoms with Gasteiger partial charge in [0.05, 0.1) is 18.7 Å². The molecule has 0 bridgehead atoms. The highest BCUT2D eigenvalue weighted by Gasteiger charge is 2.26. The molecule has 0 aliphatic carbocycles. The molecule has 0 aromatic heterocycles. The first-order valence-electron chi connectivity index (χ1n) is 7.66. The van der Waals surface area contributed by atoms with Gasteiger partial charge in [0.1, 0.15) is 6.04 Å². The summed E-state index contributed by atoms with van der Waals surface area (Å²) in [6, 6.07) is 16.2. The lowest BCUT2D eigenvalue weighted by Gasteiger charge is -2.19. The molecule has 2 aromatic carbocycles. The van der Waals surface area contributed by atoms with Crippen molar-refractivity contribution in [3.8, 4) is 6.07 Å². The Bertz CT molecular complexity index is 784. The molecule has 2 rings (SSSR count). The fourth-order valence-electron chi connectivity index (χ4n) is 2.40. The van der Waals surface area contributed by atoms with Crippen LogP contribution in [0.15, 0.2) is 54.6 Å². The second-order valence-corrected chi connectivity index (χ2v) is 5.37. The summed E-state index contributed by atoms with van der Waals surface area (Å²) in [7, 11) is 1.21. The first kappa shape index (κ1) is 18.2. The molecule has 0 spiro atoms. The lowest BCUT2D eigenvalue weighted by Crippen LogP contribution is -2.45. The van der Waals surface area contributed by atoms with Crippen molar-refractivity contribution >= 4 is 11.9 Å². The third-order valence-corrected chi connectivity index (χ3v) is 3.73. The maximum Gasteiger partial charge on any atom is 0.328 e. The third kappa shape index (κ3) is 4.66. The van der Waals surface area contributed by atoms with E-state index in [1.807, 2.05) is 6.07 Å². The number of nitriles is 1. The number of aliphatic hydroxyl groups is 1. The number of carbonyl (C=O) groups excluding carboxylic acids is 2.